The lowest BCUT2D eigenvalue weighted by atomic mass is 10.2. The van der Waals surface area contributed by atoms with Gasteiger partial charge in [0.2, 0.25) is 5.88 Å². The Morgan fingerprint density at radius 1 is 1.47 bits per heavy atom. The van der Waals surface area contributed by atoms with E-state index in [0.29, 0.717) is 0 Å². The monoisotopic (exact) mass is 328 g/mol. The predicted molar refractivity (Wildman–Crippen MR) is 66.0 cm³/mol. The second-order valence-electron chi connectivity index (χ2n) is 3.40. The van der Waals surface area contributed by atoms with Crippen molar-refractivity contribution in [1.82, 2.24) is 9.97 Å². The summed E-state index contributed by atoms with van der Waals surface area (Å²) in [5.41, 5.74) is -0.742. The highest BCUT2D eigenvalue weighted by Crippen LogP contribution is 2.28. The van der Waals surface area contributed by atoms with Crippen molar-refractivity contribution >= 4 is 21.9 Å². The number of hydrogen-bond donors (Lipinski definition) is 2. The third-order valence-corrected chi connectivity index (χ3v) is 2.84. The van der Waals surface area contributed by atoms with E-state index in [1.807, 2.05) is 0 Å². The van der Waals surface area contributed by atoms with Crippen LogP contribution in [-0.4, -0.2) is 21.0 Å². The molecular weight excluding hydrogens is 323 g/mol. The Balaban J connectivity index is 2.48. The Morgan fingerprint density at radius 3 is 2.89 bits per heavy atom. The molecular formula is C11H6BrFN2O4. The summed E-state index contributed by atoms with van der Waals surface area (Å²) in [6.07, 6.45) is 1.09. The summed E-state index contributed by atoms with van der Waals surface area (Å²) < 4.78 is 18.3. The average molecular weight is 329 g/mol. The molecule has 0 saturated heterocycles. The zero-order chi connectivity index (χ0) is 14.0. The third kappa shape index (κ3) is 2.79. The molecule has 6 nitrogen and oxygen atoms in total. The minimum Gasteiger partial charge on any atom is -0.478 e. The number of nitrogens with one attached hydrogen (secondary N) is 1. The molecule has 0 atom stereocenters. The molecule has 8 heteroatoms. The molecule has 0 bridgehead atoms. The maximum absolute atomic E-state index is 13.1. The predicted octanol–water partition coefficient (Wildman–Crippen LogP) is 2.16. The standard InChI is InChI=1S/C11H6BrFN2O4/c12-8-9(16)14-4-15-10(8)19-7-3-5(13)1-2-6(7)11(17)18/h1-4H,(H,17,18)(H,14,15,16). The van der Waals surface area contributed by atoms with Crippen molar-refractivity contribution in [2.24, 2.45) is 0 Å². The van der Waals surface area contributed by atoms with Crippen LogP contribution in [0.5, 0.6) is 11.6 Å². The normalized spacial score (nSPS) is 10.2. The van der Waals surface area contributed by atoms with Gasteiger partial charge in [-0.2, -0.15) is 0 Å². The number of rotatable bonds is 3. The first kappa shape index (κ1) is 13.2. The number of carbonyl (C=O) groups is 1. The van der Waals surface area contributed by atoms with Crippen molar-refractivity contribution in [3.63, 3.8) is 0 Å². The Morgan fingerprint density at radius 2 is 2.21 bits per heavy atom. The van der Waals surface area contributed by atoms with Crippen LogP contribution in [-0.2, 0) is 0 Å². The quantitative estimate of drug-likeness (QED) is 0.900. The topological polar surface area (TPSA) is 92.3 Å². The van der Waals surface area contributed by atoms with Crippen LogP contribution in [0.1, 0.15) is 10.4 Å². The number of aromatic amines is 1. The smallest absolute Gasteiger partial charge is 0.339 e. The van der Waals surface area contributed by atoms with Gasteiger partial charge in [-0.1, -0.05) is 0 Å². The van der Waals surface area contributed by atoms with Gasteiger partial charge in [0.1, 0.15) is 21.6 Å². The number of hydrogen-bond acceptors (Lipinski definition) is 4. The second-order valence-corrected chi connectivity index (χ2v) is 4.19. The molecule has 1 aromatic carbocycles. The molecule has 0 aliphatic heterocycles. The largest absolute Gasteiger partial charge is 0.478 e. The van der Waals surface area contributed by atoms with Gasteiger partial charge >= 0.3 is 5.97 Å². The lowest BCUT2D eigenvalue weighted by Crippen LogP contribution is -2.09. The SMILES string of the molecule is O=C(O)c1ccc(F)cc1Oc1nc[nH]c(=O)c1Br. The molecule has 0 saturated carbocycles. The first-order chi connectivity index (χ1) is 8.99. The summed E-state index contributed by atoms with van der Waals surface area (Å²) in [6.45, 7) is 0. The van der Waals surface area contributed by atoms with Gasteiger partial charge in [-0.05, 0) is 28.1 Å². The molecule has 1 heterocycles. The van der Waals surface area contributed by atoms with Crippen LogP contribution in [0.4, 0.5) is 4.39 Å². The van der Waals surface area contributed by atoms with E-state index in [-0.39, 0.29) is 21.7 Å². The third-order valence-electron chi connectivity index (χ3n) is 2.15. The van der Waals surface area contributed by atoms with Crippen LogP contribution in [0.15, 0.2) is 33.8 Å². The molecule has 0 unspecified atom stereocenters. The van der Waals surface area contributed by atoms with E-state index >= 15 is 0 Å². The van der Waals surface area contributed by atoms with Crippen molar-refractivity contribution in [3.05, 3.63) is 50.7 Å². The number of aromatic carboxylic acids is 1. The number of aromatic nitrogens is 2. The van der Waals surface area contributed by atoms with Crippen molar-refractivity contribution in [2.75, 3.05) is 0 Å². The second kappa shape index (κ2) is 5.19. The maximum atomic E-state index is 13.1. The van der Waals surface area contributed by atoms with E-state index in [1.54, 1.807) is 0 Å². The molecule has 0 spiro atoms. The van der Waals surface area contributed by atoms with Gasteiger partial charge in [-0.25, -0.2) is 14.2 Å². The molecule has 0 fully saturated rings. The van der Waals surface area contributed by atoms with Crippen LogP contribution in [0.25, 0.3) is 0 Å². The summed E-state index contributed by atoms with van der Waals surface area (Å²) in [5, 5.41) is 8.96. The molecule has 0 aliphatic carbocycles. The molecule has 0 aliphatic rings. The lowest BCUT2D eigenvalue weighted by Gasteiger charge is -2.08. The summed E-state index contributed by atoms with van der Waals surface area (Å²) >= 11 is 2.95. The number of carboxylic acid groups (broad SMARTS) is 1. The zero-order valence-corrected chi connectivity index (χ0v) is 10.8. The van der Waals surface area contributed by atoms with E-state index in [9.17, 15) is 14.0 Å². The highest BCUT2D eigenvalue weighted by Gasteiger charge is 2.16. The van der Waals surface area contributed by atoms with E-state index in [2.05, 4.69) is 25.9 Å². The fraction of sp³-hybridized carbons (Fsp3) is 0. The Bertz CT molecular complexity index is 701. The molecule has 2 aromatic rings. The minimum absolute atomic E-state index is 0.0180. The van der Waals surface area contributed by atoms with Gasteiger partial charge in [0.05, 0.1) is 6.33 Å². The number of halogens is 2. The highest BCUT2D eigenvalue weighted by molar-refractivity contribution is 9.10. The molecule has 0 amide bonds. The lowest BCUT2D eigenvalue weighted by molar-refractivity contribution is 0.0694. The number of benzene rings is 1. The first-order valence-electron chi connectivity index (χ1n) is 4.93. The van der Waals surface area contributed by atoms with Crippen molar-refractivity contribution in [3.8, 4) is 11.6 Å². The maximum Gasteiger partial charge on any atom is 0.339 e. The van der Waals surface area contributed by atoms with Crippen LogP contribution in [0, 0.1) is 5.82 Å². The van der Waals surface area contributed by atoms with E-state index < -0.39 is 17.3 Å². The van der Waals surface area contributed by atoms with Crippen LogP contribution < -0.4 is 10.3 Å². The van der Waals surface area contributed by atoms with E-state index in [1.165, 1.54) is 0 Å². The molecule has 19 heavy (non-hydrogen) atoms. The number of H-pyrrole nitrogens is 1. The molecule has 2 N–H and O–H groups in total. The van der Waals surface area contributed by atoms with Crippen LogP contribution in [0.3, 0.4) is 0 Å². The fourth-order valence-corrected chi connectivity index (χ4v) is 1.60. The van der Waals surface area contributed by atoms with Crippen molar-refractivity contribution < 1.29 is 19.0 Å². The fourth-order valence-electron chi connectivity index (χ4n) is 1.30. The number of nitrogens with zero attached hydrogens (tertiary/aromatic N) is 1. The van der Waals surface area contributed by atoms with E-state index in [4.69, 9.17) is 9.84 Å². The summed E-state index contributed by atoms with van der Waals surface area (Å²) in [7, 11) is 0. The zero-order valence-electron chi connectivity index (χ0n) is 9.18. The highest BCUT2D eigenvalue weighted by atomic mass is 79.9. The van der Waals surface area contributed by atoms with Gasteiger partial charge < -0.3 is 14.8 Å². The first-order valence-corrected chi connectivity index (χ1v) is 5.72. The molecule has 2 rings (SSSR count). The summed E-state index contributed by atoms with van der Waals surface area (Å²) in [4.78, 5) is 28.3. The van der Waals surface area contributed by atoms with Crippen LogP contribution >= 0.6 is 15.9 Å². The molecule has 0 radical (unpaired) electrons. The molecule has 1 aromatic heterocycles. The Labute approximate surface area is 114 Å². The summed E-state index contributed by atoms with van der Waals surface area (Å²) in [5.74, 6) is -2.35. The average Bonchev–Trinajstić information content (AvgIpc) is 2.35. The Kier molecular flexibility index (Phi) is 3.61. The van der Waals surface area contributed by atoms with Gasteiger partial charge in [0, 0.05) is 6.07 Å². The van der Waals surface area contributed by atoms with Gasteiger partial charge in [0.15, 0.2) is 0 Å². The van der Waals surface area contributed by atoms with E-state index in [0.717, 1.165) is 24.5 Å². The number of carboxylic acids is 1. The van der Waals surface area contributed by atoms with Crippen molar-refractivity contribution in [1.29, 1.82) is 0 Å². The van der Waals surface area contributed by atoms with Crippen LogP contribution in [0.2, 0.25) is 0 Å². The van der Waals surface area contributed by atoms with Gasteiger partial charge in [-0.3, -0.25) is 4.79 Å². The molecule has 98 valence electrons. The minimum atomic E-state index is -1.28. The van der Waals surface area contributed by atoms with Gasteiger partial charge in [0.25, 0.3) is 5.56 Å². The summed E-state index contributed by atoms with van der Waals surface area (Å²) in [6, 6.07) is 2.96. The number of ether oxygens (including phenoxy) is 1. The Hall–Kier alpha value is -2.22. The van der Waals surface area contributed by atoms with Crippen molar-refractivity contribution in [2.45, 2.75) is 0 Å². The van der Waals surface area contributed by atoms with Gasteiger partial charge in [-0.15, -0.1) is 0 Å².